The fourth-order valence-corrected chi connectivity index (χ4v) is 7.32. The average molecular weight is 455 g/mol. The molecule has 5 heteroatoms. The molecule has 0 aromatic heterocycles. The van der Waals surface area contributed by atoms with Gasteiger partial charge in [0.1, 0.15) is 11.9 Å². The molecule has 33 heavy (non-hydrogen) atoms. The van der Waals surface area contributed by atoms with Crippen molar-refractivity contribution in [2.45, 2.75) is 90.1 Å². The van der Waals surface area contributed by atoms with Crippen molar-refractivity contribution >= 4 is 11.9 Å². The van der Waals surface area contributed by atoms with Crippen LogP contribution in [0.2, 0.25) is 0 Å². The van der Waals surface area contributed by atoms with Crippen molar-refractivity contribution in [3.05, 3.63) is 41.5 Å². The number of unbranched alkanes of at least 4 members (excludes halogenated alkanes) is 1. The molecule has 0 aliphatic heterocycles. The number of esters is 1. The minimum Gasteiger partial charge on any atom is -0.508 e. The largest absolute Gasteiger partial charge is 0.508 e. The highest BCUT2D eigenvalue weighted by Gasteiger charge is 2.57. The lowest BCUT2D eigenvalue weighted by Crippen LogP contribution is -2.48. The summed E-state index contributed by atoms with van der Waals surface area (Å²) >= 11 is 0. The number of hydrogen-bond donors (Lipinski definition) is 2. The highest BCUT2D eigenvalue weighted by molar-refractivity contribution is 5.66. The molecule has 2 fully saturated rings. The van der Waals surface area contributed by atoms with Gasteiger partial charge in [0.15, 0.2) is 0 Å². The molecular formula is C28H38O5. The molecule has 4 rings (SSSR count). The van der Waals surface area contributed by atoms with E-state index >= 15 is 0 Å². The molecule has 3 aliphatic rings. The number of aromatic hydroxyl groups is 1. The second-order valence-electron chi connectivity index (χ2n) is 10.7. The van der Waals surface area contributed by atoms with E-state index in [1.54, 1.807) is 0 Å². The smallest absolute Gasteiger partial charge is 0.303 e. The van der Waals surface area contributed by atoms with Gasteiger partial charge in [-0.25, -0.2) is 0 Å². The average Bonchev–Trinajstić information content (AvgIpc) is 3.08. The van der Waals surface area contributed by atoms with Crippen LogP contribution in [0, 0.1) is 23.2 Å². The number of allylic oxidation sites excluding steroid dienone is 2. The van der Waals surface area contributed by atoms with Crippen LogP contribution in [-0.4, -0.2) is 28.3 Å². The van der Waals surface area contributed by atoms with Crippen LogP contribution in [0.1, 0.15) is 88.7 Å². The highest BCUT2D eigenvalue weighted by Crippen LogP contribution is 2.63. The number of phenols is 1. The normalized spacial score (nSPS) is 32.7. The van der Waals surface area contributed by atoms with Crippen molar-refractivity contribution in [1.82, 2.24) is 0 Å². The van der Waals surface area contributed by atoms with Gasteiger partial charge < -0.3 is 14.9 Å². The number of benzene rings is 1. The van der Waals surface area contributed by atoms with E-state index in [9.17, 15) is 14.7 Å². The van der Waals surface area contributed by atoms with Crippen LogP contribution < -0.4 is 0 Å². The maximum absolute atomic E-state index is 11.8. The summed E-state index contributed by atoms with van der Waals surface area (Å²) in [7, 11) is 0. The molecule has 2 saturated carbocycles. The van der Waals surface area contributed by atoms with Crippen LogP contribution >= 0.6 is 0 Å². The van der Waals surface area contributed by atoms with E-state index in [1.807, 2.05) is 12.1 Å². The zero-order valence-corrected chi connectivity index (χ0v) is 20.0. The number of ether oxygens (including phenoxy) is 1. The number of fused-ring (bicyclic) bond motifs is 5. The number of hydrogen-bond acceptors (Lipinski definition) is 4. The van der Waals surface area contributed by atoms with Crippen LogP contribution in [0.4, 0.5) is 0 Å². The van der Waals surface area contributed by atoms with Crippen LogP contribution in [0.5, 0.6) is 5.75 Å². The van der Waals surface area contributed by atoms with Gasteiger partial charge in [-0.15, -0.1) is 0 Å². The molecule has 0 amide bonds. The Labute approximate surface area is 197 Å². The van der Waals surface area contributed by atoms with Gasteiger partial charge in [0.25, 0.3) is 0 Å². The number of carbonyl (C=O) groups excluding carboxylic acids is 1. The van der Waals surface area contributed by atoms with E-state index in [4.69, 9.17) is 9.84 Å². The molecule has 0 unspecified atom stereocenters. The van der Waals surface area contributed by atoms with Crippen LogP contribution in [0.3, 0.4) is 0 Å². The van der Waals surface area contributed by atoms with Gasteiger partial charge in [-0.05, 0) is 105 Å². The molecule has 180 valence electrons. The zero-order chi connectivity index (χ0) is 23.6. The van der Waals surface area contributed by atoms with Gasteiger partial charge in [0.05, 0.1) is 0 Å². The first-order valence-electron chi connectivity index (χ1n) is 12.7. The second-order valence-corrected chi connectivity index (χ2v) is 10.7. The summed E-state index contributed by atoms with van der Waals surface area (Å²) in [5.41, 5.74) is 2.76. The molecule has 2 N–H and O–H groups in total. The van der Waals surface area contributed by atoms with E-state index in [0.29, 0.717) is 35.8 Å². The zero-order valence-electron chi connectivity index (χ0n) is 20.0. The Morgan fingerprint density at radius 1 is 1.18 bits per heavy atom. The molecule has 0 spiro atoms. The Kier molecular flexibility index (Phi) is 7.16. The van der Waals surface area contributed by atoms with E-state index in [1.165, 1.54) is 18.1 Å². The summed E-state index contributed by atoms with van der Waals surface area (Å²) in [5.74, 6) is 1.61. The molecule has 0 saturated heterocycles. The Balaban J connectivity index is 1.52. The lowest BCUT2D eigenvalue weighted by atomic mass is 9.52. The van der Waals surface area contributed by atoms with E-state index in [0.717, 1.165) is 51.4 Å². The van der Waals surface area contributed by atoms with Gasteiger partial charge in [0.2, 0.25) is 0 Å². The number of carboxylic acid groups (broad SMARTS) is 1. The Bertz CT molecular complexity index is 906. The first-order valence-corrected chi connectivity index (χ1v) is 12.7. The molecular weight excluding hydrogens is 416 g/mol. The highest BCUT2D eigenvalue weighted by atomic mass is 16.5. The van der Waals surface area contributed by atoms with Crippen molar-refractivity contribution in [3.63, 3.8) is 0 Å². The minimum atomic E-state index is -0.734. The lowest BCUT2D eigenvalue weighted by molar-refractivity contribution is -0.155. The van der Waals surface area contributed by atoms with Crippen molar-refractivity contribution in [1.29, 1.82) is 0 Å². The van der Waals surface area contributed by atoms with Crippen molar-refractivity contribution in [2.24, 2.45) is 23.2 Å². The van der Waals surface area contributed by atoms with E-state index in [-0.39, 0.29) is 23.9 Å². The number of phenolic OH excluding ortho intramolecular Hbond substituents is 1. The first-order chi connectivity index (χ1) is 15.8. The first kappa shape index (κ1) is 23.8. The van der Waals surface area contributed by atoms with Crippen LogP contribution in [-0.2, 0) is 20.7 Å². The van der Waals surface area contributed by atoms with E-state index in [2.05, 4.69) is 25.1 Å². The van der Waals surface area contributed by atoms with Crippen LogP contribution in [0.15, 0.2) is 30.4 Å². The summed E-state index contributed by atoms with van der Waals surface area (Å²) in [6.45, 7) is 3.87. The Morgan fingerprint density at radius 3 is 2.73 bits per heavy atom. The Morgan fingerprint density at radius 2 is 1.97 bits per heavy atom. The van der Waals surface area contributed by atoms with Gasteiger partial charge in [-0.1, -0.05) is 25.1 Å². The SMILES string of the molecule is CC(=O)O[C@H]1CC[C@H]2[C@@H]3[C@H](CC/C=C/CCCC(=O)O)Cc4cc(O)ccc4[C@H]3CC[C@]12C. The predicted molar refractivity (Wildman–Crippen MR) is 127 cm³/mol. The summed E-state index contributed by atoms with van der Waals surface area (Å²) in [6, 6.07) is 5.94. The number of rotatable bonds is 8. The predicted octanol–water partition coefficient (Wildman–Crippen LogP) is 6.00. The van der Waals surface area contributed by atoms with Gasteiger partial charge in [-0.3, -0.25) is 9.59 Å². The standard InChI is InChI=1S/C28H38O5/c1-18(29)33-25-13-12-24-27-19(8-6-4-3-5-7-9-26(31)32)16-20-17-21(30)10-11-22(20)23(27)14-15-28(24,25)2/h3-4,10-11,17,19,23-25,27,30H,5-9,12-16H2,1-2H3,(H,31,32)/b4-3+/t19-,23-,24+,25+,27-,28+/m1/s1. The third kappa shape index (κ3) is 4.97. The summed E-state index contributed by atoms with van der Waals surface area (Å²) < 4.78 is 5.81. The molecule has 0 bridgehead atoms. The summed E-state index contributed by atoms with van der Waals surface area (Å²) in [4.78, 5) is 22.4. The van der Waals surface area contributed by atoms with Gasteiger partial charge in [0, 0.05) is 18.8 Å². The topological polar surface area (TPSA) is 83.8 Å². The minimum absolute atomic E-state index is 0.0249. The quantitative estimate of drug-likeness (QED) is 0.286. The van der Waals surface area contributed by atoms with Crippen molar-refractivity contribution in [3.8, 4) is 5.75 Å². The fraction of sp³-hybridized carbons (Fsp3) is 0.643. The third-order valence-electron chi connectivity index (χ3n) is 8.74. The molecule has 0 heterocycles. The van der Waals surface area contributed by atoms with Crippen molar-refractivity contribution < 1.29 is 24.5 Å². The summed E-state index contributed by atoms with van der Waals surface area (Å²) in [6.07, 6.45) is 13.4. The molecule has 1 aromatic carbocycles. The van der Waals surface area contributed by atoms with Gasteiger partial charge in [-0.2, -0.15) is 0 Å². The monoisotopic (exact) mass is 454 g/mol. The maximum Gasteiger partial charge on any atom is 0.303 e. The van der Waals surface area contributed by atoms with Crippen LogP contribution in [0.25, 0.3) is 0 Å². The molecule has 1 aromatic rings. The fourth-order valence-electron chi connectivity index (χ4n) is 7.32. The molecule has 0 radical (unpaired) electrons. The Hall–Kier alpha value is -2.30. The molecule has 6 atom stereocenters. The summed E-state index contributed by atoms with van der Waals surface area (Å²) in [5, 5.41) is 18.9. The molecule has 3 aliphatic carbocycles. The third-order valence-corrected chi connectivity index (χ3v) is 8.74. The number of carbonyl (C=O) groups is 2. The van der Waals surface area contributed by atoms with Gasteiger partial charge >= 0.3 is 11.9 Å². The van der Waals surface area contributed by atoms with E-state index < -0.39 is 5.97 Å². The second kappa shape index (κ2) is 9.90. The molecule has 5 nitrogen and oxygen atoms in total. The number of aliphatic carboxylic acids is 1. The number of carboxylic acids is 1. The maximum atomic E-state index is 11.8. The van der Waals surface area contributed by atoms with Crippen molar-refractivity contribution in [2.75, 3.05) is 0 Å². The lowest BCUT2D eigenvalue weighted by Gasteiger charge is -2.53.